The van der Waals surface area contributed by atoms with Gasteiger partial charge in [-0.15, -0.1) is 24.0 Å². The van der Waals surface area contributed by atoms with E-state index in [1.807, 2.05) is 17.0 Å². The first-order valence-corrected chi connectivity index (χ1v) is 10.6. The SMILES string of the molecule is CCNC(=NCc1ccc(Br)cc1)N1CCC(C(=O)N2CCOCC2)CC1.I. The molecule has 0 atom stereocenters. The predicted molar refractivity (Wildman–Crippen MR) is 126 cm³/mol. The van der Waals surface area contributed by atoms with Crippen LogP contribution in [0.5, 0.6) is 0 Å². The molecule has 0 unspecified atom stereocenters. The van der Waals surface area contributed by atoms with Gasteiger partial charge in [0, 0.05) is 43.1 Å². The van der Waals surface area contributed by atoms with E-state index in [1.165, 1.54) is 5.56 Å². The lowest BCUT2D eigenvalue weighted by atomic mass is 9.95. The number of benzene rings is 1. The number of aliphatic imine (C=N–C) groups is 1. The number of likely N-dealkylation sites (tertiary alicyclic amines) is 1. The molecule has 1 aromatic carbocycles. The van der Waals surface area contributed by atoms with Crippen LogP contribution in [0.4, 0.5) is 0 Å². The number of hydrogen-bond donors (Lipinski definition) is 1. The number of amides is 1. The number of rotatable bonds is 4. The van der Waals surface area contributed by atoms with Gasteiger partial charge >= 0.3 is 0 Å². The van der Waals surface area contributed by atoms with Crippen molar-refractivity contribution in [1.29, 1.82) is 0 Å². The molecule has 0 spiro atoms. The molecule has 0 aliphatic carbocycles. The Bertz CT molecular complexity index is 642. The zero-order valence-corrected chi connectivity index (χ0v) is 20.3. The lowest BCUT2D eigenvalue weighted by Gasteiger charge is -2.36. The van der Waals surface area contributed by atoms with Gasteiger partial charge in [-0.1, -0.05) is 28.1 Å². The largest absolute Gasteiger partial charge is 0.378 e. The fraction of sp³-hybridized carbons (Fsp3) is 0.600. The van der Waals surface area contributed by atoms with Crippen LogP contribution in [0.15, 0.2) is 33.7 Å². The standard InChI is InChI=1S/C20H29BrN4O2.HI/c1-2-22-20(23-15-16-3-5-18(21)6-4-16)25-9-7-17(8-10-25)19(26)24-11-13-27-14-12-24;/h3-6,17H,2,7-15H2,1H3,(H,22,23);1H. The second kappa shape index (κ2) is 12.0. The zero-order valence-electron chi connectivity index (χ0n) is 16.4. The van der Waals surface area contributed by atoms with E-state index in [1.54, 1.807) is 0 Å². The van der Waals surface area contributed by atoms with Gasteiger partial charge in [0.2, 0.25) is 5.91 Å². The third kappa shape index (κ3) is 6.59. The molecule has 2 heterocycles. The fourth-order valence-electron chi connectivity index (χ4n) is 3.56. The minimum atomic E-state index is 0. The van der Waals surface area contributed by atoms with Crippen molar-refractivity contribution in [3.05, 3.63) is 34.3 Å². The van der Waals surface area contributed by atoms with Gasteiger partial charge in [0.05, 0.1) is 19.8 Å². The van der Waals surface area contributed by atoms with Gasteiger partial charge in [-0.3, -0.25) is 4.79 Å². The van der Waals surface area contributed by atoms with Crippen molar-refractivity contribution in [2.75, 3.05) is 45.9 Å². The number of piperidine rings is 1. The van der Waals surface area contributed by atoms with Crippen molar-refractivity contribution < 1.29 is 9.53 Å². The fourth-order valence-corrected chi connectivity index (χ4v) is 3.83. The highest BCUT2D eigenvalue weighted by Crippen LogP contribution is 2.21. The summed E-state index contributed by atoms with van der Waals surface area (Å²) < 4.78 is 6.43. The molecule has 1 amide bonds. The van der Waals surface area contributed by atoms with Crippen molar-refractivity contribution in [2.45, 2.75) is 26.3 Å². The molecule has 2 aliphatic rings. The maximum atomic E-state index is 12.7. The van der Waals surface area contributed by atoms with Gasteiger partial charge in [-0.2, -0.15) is 0 Å². The molecule has 2 saturated heterocycles. The maximum Gasteiger partial charge on any atom is 0.225 e. The average molecular weight is 565 g/mol. The summed E-state index contributed by atoms with van der Waals surface area (Å²) in [6, 6.07) is 8.26. The molecule has 0 radical (unpaired) electrons. The van der Waals surface area contributed by atoms with E-state index in [2.05, 4.69) is 45.2 Å². The van der Waals surface area contributed by atoms with Crippen molar-refractivity contribution in [1.82, 2.24) is 15.1 Å². The highest BCUT2D eigenvalue weighted by atomic mass is 127. The van der Waals surface area contributed by atoms with Crippen LogP contribution in [-0.2, 0) is 16.1 Å². The number of morpholine rings is 1. The lowest BCUT2D eigenvalue weighted by Crippen LogP contribution is -2.50. The second-order valence-electron chi connectivity index (χ2n) is 7.00. The molecule has 6 nitrogen and oxygen atoms in total. The third-order valence-electron chi connectivity index (χ3n) is 5.13. The van der Waals surface area contributed by atoms with E-state index in [9.17, 15) is 4.79 Å². The quantitative estimate of drug-likeness (QED) is 0.347. The molecule has 1 N–H and O–H groups in total. The smallest absolute Gasteiger partial charge is 0.225 e. The number of nitrogens with one attached hydrogen (secondary N) is 1. The molecule has 8 heteroatoms. The summed E-state index contributed by atoms with van der Waals surface area (Å²) in [7, 11) is 0. The lowest BCUT2D eigenvalue weighted by molar-refractivity contribution is -0.140. The maximum absolute atomic E-state index is 12.7. The molecular weight excluding hydrogens is 535 g/mol. The Morgan fingerprint density at radius 3 is 2.39 bits per heavy atom. The summed E-state index contributed by atoms with van der Waals surface area (Å²) in [6.07, 6.45) is 1.78. The number of nitrogens with zero attached hydrogens (tertiary/aromatic N) is 3. The summed E-state index contributed by atoms with van der Waals surface area (Å²) in [5, 5.41) is 3.40. The Kier molecular flexibility index (Phi) is 10.0. The summed E-state index contributed by atoms with van der Waals surface area (Å²) in [4.78, 5) is 21.7. The number of ether oxygens (including phenoxy) is 1. The Morgan fingerprint density at radius 2 is 1.79 bits per heavy atom. The van der Waals surface area contributed by atoms with Crippen LogP contribution in [-0.4, -0.2) is 67.6 Å². The summed E-state index contributed by atoms with van der Waals surface area (Å²) >= 11 is 3.46. The predicted octanol–water partition coefficient (Wildman–Crippen LogP) is 3.10. The molecule has 2 fully saturated rings. The van der Waals surface area contributed by atoms with E-state index in [4.69, 9.17) is 9.73 Å². The van der Waals surface area contributed by atoms with Crippen LogP contribution < -0.4 is 5.32 Å². The van der Waals surface area contributed by atoms with E-state index in [0.29, 0.717) is 25.7 Å². The van der Waals surface area contributed by atoms with E-state index in [-0.39, 0.29) is 29.9 Å². The molecule has 1 aromatic rings. The summed E-state index contributed by atoms with van der Waals surface area (Å²) in [5.74, 6) is 1.38. The monoisotopic (exact) mass is 564 g/mol. The first-order valence-electron chi connectivity index (χ1n) is 9.81. The Morgan fingerprint density at radius 1 is 1.14 bits per heavy atom. The summed E-state index contributed by atoms with van der Waals surface area (Å²) in [5.41, 5.74) is 1.19. The minimum absolute atomic E-state index is 0. The topological polar surface area (TPSA) is 57.2 Å². The van der Waals surface area contributed by atoms with Crippen LogP contribution in [0.2, 0.25) is 0 Å². The number of halogens is 2. The highest BCUT2D eigenvalue weighted by molar-refractivity contribution is 14.0. The molecule has 0 aromatic heterocycles. The Hall–Kier alpha value is -0.870. The Balaban J connectivity index is 0.00000280. The summed E-state index contributed by atoms with van der Waals surface area (Å²) in [6.45, 7) is 8.11. The van der Waals surface area contributed by atoms with Crippen LogP contribution in [0.1, 0.15) is 25.3 Å². The third-order valence-corrected chi connectivity index (χ3v) is 5.65. The minimum Gasteiger partial charge on any atom is -0.378 e. The van der Waals surface area contributed by atoms with E-state index < -0.39 is 0 Å². The first kappa shape index (κ1) is 23.4. The van der Waals surface area contributed by atoms with E-state index >= 15 is 0 Å². The molecule has 3 rings (SSSR count). The van der Waals surface area contributed by atoms with E-state index in [0.717, 1.165) is 56.0 Å². The Labute approximate surface area is 193 Å². The van der Waals surface area contributed by atoms with Gasteiger partial charge in [0.1, 0.15) is 0 Å². The van der Waals surface area contributed by atoms with Crippen molar-refractivity contribution in [3.8, 4) is 0 Å². The van der Waals surface area contributed by atoms with Crippen molar-refractivity contribution in [2.24, 2.45) is 10.9 Å². The average Bonchev–Trinajstić information content (AvgIpc) is 2.72. The molecule has 28 heavy (non-hydrogen) atoms. The van der Waals surface area contributed by atoms with Gasteiger partial charge in [0.25, 0.3) is 0 Å². The van der Waals surface area contributed by atoms with Crippen LogP contribution in [0.3, 0.4) is 0 Å². The van der Waals surface area contributed by atoms with Gasteiger partial charge in [-0.25, -0.2) is 4.99 Å². The van der Waals surface area contributed by atoms with Crippen molar-refractivity contribution in [3.63, 3.8) is 0 Å². The first-order chi connectivity index (χ1) is 13.2. The van der Waals surface area contributed by atoms with Crippen LogP contribution in [0.25, 0.3) is 0 Å². The van der Waals surface area contributed by atoms with Gasteiger partial charge in [-0.05, 0) is 37.5 Å². The normalized spacial score (nSPS) is 18.6. The molecule has 0 saturated carbocycles. The van der Waals surface area contributed by atoms with Gasteiger partial charge < -0.3 is 19.9 Å². The van der Waals surface area contributed by atoms with Crippen molar-refractivity contribution >= 4 is 51.8 Å². The molecule has 156 valence electrons. The van der Waals surface area contributed by atoms with Crippen LogP contribution >= 0.6 is 39.9 Å². The number of guanidine groups is 1. The van der Waals surface area contributed by atoms with Gasteiger partial charge in [0.15, 0.2) is 5.96 Å². The molecule has 2 aliphatic heterocycles. The van der Waals surface area contributed by atoms with Crippen LogP contribution in [0, 0.1) is 5.92 Å². The number of carbonyl (C=O) groups excluding carboxylic acids is 1. The highest BCUT2D eigenvalue weighted by Gasteiger charge is 2.30. The molecule has 0 bridgehead atoms. The number of carbonyl (C=O) groups is 1. The second-order valence-corrected chi connectivity index (χ2v) is 7.91. The zero-order chi connectivity index (χ0) is 19.1. The number of hydrogen-bond acceptors (Lipinski definition) is 3. The molecular formula is C20H30BrIN4O2.